The minimum Gasteiger partial charge on any atom is -0.444 e. The molecule has 0 aromatic carbocycles. The lowest BCUT2D eigenvalue weighted by molar-refractivity contribution is -0.143. The molecule has 4 rings (SSSR count). The van der Waals surface area contributed by atoms with Crippen molar-refractivity contribution in [1.29, 1.82) is 0 Å². The van der Waals surface area contributed by atoms with Crippen LogP contribution in [0.2, 0.25) is 0 Å². The molecule has 0 aliphatic carbocycles. The average molecular weight is 524 g/mol. The Labute approximate surface area is 210 Å². The number of carbonyl (C=O) groups is 1. The van der Waals surface area contributed by atoms with E-state index in [-0.39, 0.29) is 4.90 Å². The second-order valence-corrected chi connectivity index (χ2v) is 11.0. The summed E-state index contributed by atoms with van der Waals surface area (Å²) in [6, 6.07) is 2.80. The minimum atomic E-state index is -4.57. The van der Waals surface area contributed by atoms with Gasteiger partial charge >= 0.3 is 12.3 Å². The standard InChI is InChI=1S/C23H28F3N7O2S/c1-21(2,3)35-20(34)31-22(4)8-11-33(12-9-22)19-30-17-18(32(19)5)28-13-15(29-17)36-14-7-6-10-27-16(14)23(24,25)26/h6-7,10,13H,8-9,11-12H2,1-5H3,(H,31,34). The lowest BCUT2D eigenvalue weighted by atomic mass is 9.90. The molecule has 0 bridgehead atoms. The van der Waals surface area contributed by atoms with E-state index in [1.54, 1.807) is 0 Å². The van der Waals surface area contributed by atoms with Crippen molar-refractivity contribution >= 4 is 35.1 Å². The fraction of sp³-hybridized carbons (Fsp3) is 0.522. The van der Waals surface area contributed by atoms with Crippen LogP contribution in [0.4, 0.5) is 23.9 Å². The first-order valence-electron chi connectivity index (χ1n) is 11.4. The molecule has 194 valence electrons. The Kier molecular flexibility index (Phi) is 6.80. The maximum Gasteiger partial charge on any atom is 0.434 e. The number of fused-ring (bicyclic) bond motifs is 1. The maximum absolute atomic E-state index is 13.3. The minimum absolute atomic E-state index is 0.0531. The Morgan fingerprint density at radius 1 is 1.17 bits per heavy atom. The number of anilines is 1. The molecular formula is C23H28F3N7O2S. The van der Waals surface area contributed by atoms with Gasteiger partial charge in [0.25, 0.3) is 0 Å². The fourth-order valence-corrected chi connectivity index (χ4v) is 4.81. The number of rotatable bonds is 4. The number of hydrogen-bond donors (Lipinski definition) is 1. The number of pyridine rings is 1. The molecule has 3 aromatic rings. The van der Waals surface area contributed by atoms with Gasteiger partial charge in [-0.25, -0.2) is 14.8 Å². The zero-order valence-corrected chi connectivity index (χ0v) is 21.5. The Hall–Kier alpha value is -3.09. The number of amides is 1. The van der Waals surface area contributed by atoms with Gasteiger partial charge in [0.2, 0.25) is 5.95 Å². The van der Waals surface area contributed by atoms with Crippen LogP contribution in [0.3, 0.4) is 0 Å². The molecule has 36 heavy (non-hydrogen) atoms. The molecule has 0 unspecified atom stereocenters. The van der Waals surface area contributed by atoms with E-state index in [1.165, 1.54) is 18.3 Å². The highest BCUT2D eigenvalue weighted by Gasteiger charge is 2.36. The van der Waals surface area contributed by atoms with Crippen molar-refractivity contribution in [3.63, 3.8) is 0 Å². The van der Waals surface area contributed by atoms with Crippen molar-refractivity contribution < 1.29 is 22.7 Å². The molecule has 1 aliphatic rings. The Morgan fingerprint density at radius 2 is 1.86 bits per heavy atom. The summed E-state index contributed by atoms with van der Waals surface area (Å²) in [5, 5.41) is 3.27. The molecule has 1 fully saturated rings. The number of nitrogens with one attached hydrogen (secondary N) is 1. The summed E-state index contributed by atoms with van der Waals surface area (Å²) in [6.45, 7) is 8.72. The first kappa shape index (κ1) is 26.0. The predicted octanol–water partition coefficient (Wildman–Crippen LogP) is 4.81. The number of imidazole rings is 1. The van der Waals surface area contributed by atoms with Gasteiger partial charge in [0, 0.05) is 36.8 Å². The molecular weight excluding hydrogens is 495 g/mol. The van der Waals surface area contributed by atoms with Gasteiger partial charge in [0.15, 0.2) is 17.0 Å². The molecule has 13 heteroatoms. The van der Waals surface area contributed by atoms with Crippen molar-refractivity contribution in [3.05, 3.63) is 30.2 Å². The normalized spacial score (nSPS) is 16.3. The van der Waals surface area contributed by atoms with Crippen LogP contribution in [0, 0.1) is 0 Å². The van der Waals surface area contributed by atoms with Gasteiger partial charge in [-0.05, 0) is 52.7 Å². The molecule has 0 saturated carbocycles. The predicted molar refractivity (Wildman–Crippen MR) is 129 cm³/mol. The highest BCUT2D eigenvalue weighted by atomic mass is 32.2. The summed E-state index contributed by atoms with van der Waals surface area (Å²) < 4.78 is 47.1. The summed E-state index contributed by atoms with van der Waals surface area (Å²) >= 11 is 0.845. The van der Waals surface area contributed by atoms with Crippen molar-refractivity contribution in [2.45, 2.75) is 67.8 Å². The van der Waals surface area contributed by atoms with E-state index >= 15 is 0 Å². The number of aromatic nitrogens is 5. The number of carbonyl (C=O) groups excluding carboxylic acids is 1. The number of hydrogen-bond acceptors (Lipinski definition) is 8. The SMILES string of the molecule is Cn1c(N2CCC(C)(NC(=O)OC(C)(C)C)CC2)nc2nc(Sc3cccnc3C(F)(F)F)cnc21. The highest BCUT2D eigenvalue weighted by molar-refractivity contribution is 7.99. The zero-order chi connectivity index (χ0) is 26.3. The molecule has 1 amide bonds. The number of aryl methyl sites for hydroxylation is 1. The maximum atomic E-state index is 13.3. The molecule has 0 atom stereocenters. The Balaban J connectivity index is 1.49. The van der Waals surface area contributed by atoms with E-state index < -0.39 is 29.1 Å². The quantitative estimate of drug-likeness (QED) is 0.520. The molecule has 3 aromatic heterocycles. The van der Waals surface area contributed by atoms with Crippen LogP contribution < -0.4 is 10.2 Å². The molecule has 1 N–H and O–H groups in total. The van der Waals surface area contributed by atoms with E-state index in [1.807, 2.05) is 39.3 Å². The van der Waals surface area contributed by atoms with Gasteiger partial charge in [-0.15, -0.1) is 0 Å². The van der Waals surface area contributed by atoms with Crippen LogP contribution in [0.25, 0.3) is 11.3 Å². The lowest BCUT2D eigenvalue weighted by Crippen LogP contribution is -2.54. The van der Waals surface area contributed by atoms with E-state index in [0.717, 1.165) is 18.0 Å². The van der Waals surface area contributed by atoms with Crippen LogP contribution in [0.1, 0.15) is 46.2 Å². The molecule has 4 heterocycles. The van der Waals surface area contributed by atoms with Crippen molar-refractivity contribution in [2.24, 2.45) is 7.05 Å². The van der Waals surface area contributed by atoms with Crippen molar-refractivity contribution in [3.8, 4) is 0 Å². The van der Waals surface area contributed by atoms with E-state index in [2.05, 4.69) is 30.2 Å². The van der Waals surface area contributed by atoms with Crippen molar-refractivity contribution in [1.82, 2.24) is 29.8 Å². The number of alkyl halides is 3. The first-order chi connectivity index (χ1) is 16.7. The van der Waals surface area contributed by atoms with Gasteiger partial charge < -0.3 is 15.0 Å². The first-order valence-corrected chi connectivity index (χ1v) is 12.2. The van der Waals surface area contributed by atoms with Crippen LogP contribution in [-0.2, 0) is 18.0 Å². The Bertz CT molecular complexity index is 1260. The number of alkyl carbamates (subject to hydrolysis) is 1. The monoisotopic (exact) mass is 523 g/mol. The van der Waals surface area contributed by atoms with Gasteiger partial charge in [0.1, 0.15) is 10.6 Å². The average Bonchev–Trinajstić information content (AvgIpc) is 3.08. The van der Waals surface area contributed by atoms with Crippen LogP contribution in [-0.4, -0.2) is 54.8 Å². The number of piperidine rings is 1. The Morgan fingerprint density at radius 3 is 2.50 bits per heavy atom. The second-order valence-electron chi connectivity index (χ2n) is 9.95. The summed E-state index contributed by atoms with van der Waals surface area (Å²) in [5.74, 6) is 0.656. The molecule has 0 spiro atoms. The third kappa shape index (κ3) is 5.82. The van der Waals surface area contributed by atoms with Gasteiger partial charge in [-0.2, -0.15) is 18.2 Å². The van der Waals surface area contributed by atoms with E-state index in [0.29, 0.717) is 48.2 Å². The number of ether oxygens (including phenoxy) is 1. The molecule has 0 radical (unpaired) electrons. The molecule has 9 nitrogen and oxygen atoms in total. The van der Waals surface area contributed by atoms with Gasteiger partial charge in [-0.3, -0.25) is 9.55 Å². The topological polar surface area (TPSA) is 98.1 Å². The smallest absolute Gasteiger partial charge is 0.434 e. The molecule has 1 aliphatic heterocycles. The van der Waals surface area contributed by atoms with Gasteiger partial charge in [-0.1, -0.05) is 11.8 Å². The van der Waals surface area contributed by atoms with Gasteiger partial charge in [0.05, 0.1) is 6.20 Å². The highest BCUT2D eigenvalue weighted by Crippen LogP contribution is 2.37. The largest absolute Gasteiger partial charge is 0.444 e. The summed E-state index contributed by atoms with van der Waals surface area (Å²) in [5.41, 5.74) is -1.08. The van der Waals surface area contributed by atoms with Crippen LogP contribution in [0.15, 0.2) is 34.4 Å². The van der Waals surface area contributed by atoms with E-state index in [4.69, 9.17) is 4.74 Å². The second kappa shape index (κ2) is 9.41. The number of nitrogens with zero attached hydrogens (tertiary/aromatic N) is 6. The number of halogens is 3. The molecule has 1 saturated heterocycles. The zero-order valence-electron chi connectivity index (χ0n) is 20.7. The summed E-state index contributed by atoms with van der Waals surface area (Å²) in [4.78, 5) is 31.2. The van der Waals surface area contributed by atoms with Crippen LogP contribution >= 0.6 is 11.8 Å². The van der Waals surface area contributed by atoms with Crippen molar-refractivity contribution in [2.75, 3.05) is 18.0 Å². The third-order valence-corrected chi connectivity index (χ3v) is 6.70. The van der Waals surface area contributed by atoms with Crippen LogP contribution in [0.5, 0.6) is 0 Å². The summed E-state index contributed by atoms with van der Waals surface area (Å²) in [7, 11) is 1.82. The summed E-state index contributed by atoms with van der Waals surface area (Å²) in [6.07, 6.45) is -1.11. The van der Waals surface area contributed by atoms with E-state index in [9.17, 15) is 18.0 Å². The third-order valence-electron chi connectivity index (χ3n) is 5.74. The lowest BCUT2D eigenvalue weighted by Gasteiger charge is -2.40. The fourth-order valence-electron chi connectivity index (χ4n) is 3.94.